The smallest absolute Gasteiger partial charge is 0.545 e. The van der Waals surface area contributed by atoms with E-state index in [2.05, 4.69) is 45.2 Å². The molecule has 0 unspecified atom stereocenters. The molecule has 0 saturated heterocycles. The molecule has 7 heteroatoms. The fourth-order valence-corrected chi connectivity index (χ4v) is 4.55. The van der Waals surface area contributed by atoms with E-state index in [-0.39, 0.29) is 38.4 Å². The molecule has 4 aromatic carbocycles. The first-order chi connectivity index (χ1) is 13.4. The molecular weight excluding hydrogens is 694 g/mol. The maximum Gasteiger partial charge on any atom is 2.00 e. The van der Waals surface area contributed by atoms with Crippen molar-refractivity contribution < 1.29 is 47.1 Å². The van der Waals surface area contributed by atoms with E-state index in [9.17, 15) is 19.8 Å². The molecule has 0 amide bonds. The number of fused-ring (bicyclic) bond motifs is 2. The molecule has 0 aromatic heterocycles. The summed E-state index contributed by atoms with van der Waals surface area (Å²) in [4.78, 5) is 21.7. The van der Waals surface area contributed by atoms with E-state index in [0.717, 1.165) is 28.7 Å². The number of aromatic carboxylic acids is 2. The van der Waals surface area contributed by atoms with Crippen LogP contribution >= 0.6 is 45.2 Å². The molecule has 0 radical (unpaired) electrons. The van der Waals surface area contributed by atoms with Gasteiger partial charge in [-0.3, -0.25) is 0 Å². The zero-order valence-electron chi connectivity index (χ0n) is 15.0. The Morgan fingerprint density at radius 2 is 0.897 bits per heavy atom. The van der Waals surface area contributed by atoms with E-state index in [4.69, 9.17) is 0 Å². The van der Waals surface area contributed by atoms with E-state index >= 15 is 0 Å². The van der Waals surface area contributed by atoms with Gasteiger partial charge in [-0.1, -0.05) is 60.7 Å². The number of carboxylic acids is 2. The van der Waals surface area contributed by atoms with Crippen LogP contribution in [0.5, 0.6) is 0 Å². The molecule has 4 aromatic rings. The summed E-state index contributed by atoms with van der Waals surface area (Å²) in [6, 6.07) is 21.7. The maximum atomic E-state index is 10.9. The van der Waals surface area contributed by atoms with Crippen molar-refractivity contribution in [3.8, 4) is 0 Å². The van der Waals surface area contributed by atoms with E-state index in [1.54, 1.807) is 24.3 Å². The first-order valence-corrected chi connectivity index (χ1v) is 10.3. The molecule has 4 nitrogen and oxygen atoms in total. The Hall–Kier alpha value is -1.28. The van der Waals surface area contributed by atoms with Crippen LogP contribution in [0.4, 0.5) is 0 Å². The zero-order chi connectivity index (χ0) is 20.3. The van der Waals surface area contributed by atoms with Gasteiger partial charge in [0, 0.05) is 29.0 Å². The van der Waals surface area contributed by atoms with Crippen LogP contribution in [-0.2, 0) is 27.3 Å². The summed E-state index contributed by atoms with van der Waals surface area (Å²) < 4.78 is 1.86. The zero-order valence-corrected chi connectivity index (χ0v) is 23.4. The standard InChI is InChI=1S/2C11H7IO2.Cd/c2*12-9-6-2-4-7-3-1-5-8(10(7)9)11(13)14;/h2*1-6H,(H,13,14);/q;;+2/p-2. The second kappa shape index (κ2) is 10.7. The average molecular weight is 707 g/mol. The van der Waals surface area contributed by atoms with Gasteiger partial charge in [0.15, 0.2) is 0 Å². The van der Waals surface area contributed by atoms with Gasteiger partial charge in [0.2, 0.25) is 0 Å². The second-order valence-corrected chi connectivity index (χ2v) is 8.19. The van der Waals surface area contributed by atoms with Crippen LogP contribution in [0.15, 0.2) is 72.8 Å². The van der Waals surface area contributed by atoms with Gasteiger partial charge in [0.25, 0.3) is 0 Å². The minimum Gasteiger partial charge on any atom is -0.545 e. The minimum absolute atomic E-state index is 0. The Bertz CT molecular complexity index is 1100. The molecule has 0 heterocycles. The summed E-state index contributed by atoms with van der Waals surface area (Å²) in [5.41, 5.74) is 0.514. The summed E-state index contributed by atoms with van der Waals surface area (Å²) >= 11 is 4.25. The van der Waals surface area contributed by atoms with E-state index in [0.29, 0.717) is 0 Å². The topological polar surface area (TPSA) is 80.3 Å². The number of halogens is 2. The summed E-state index contributed by atoms with van der Waals surface area (Å²) in [6.45, 7) is 0. The normalized spacial score (nSPS) is 10.0. The van der Waals surface area contributed by atoms with Crippen LogP contribution in [0.25, 0.3) is 21.5 Å². The Morgan fingerprint density at radius 3 is 1.21 bits per heavy atom. The molecule has 0 spiro atoms. The molecule has 0 aliphatic carbocycles. The predicted octanol–water partition coefficient (Wildman–Crippen LogP) is 3.61. The molecule has 0 aliphatic heterocycles. The number of hydrogen-bond donors (Lipinski definition) is 0. The minimum atomic E-state index is -1.13. The van der Waals surface area contributed by atoms with Gasteiger partial charge in [-0.25, -0.2) is 0 Å². The summed E-state index contributed by atoms with van der Waals surface area (Å²) in [7, 11) is 0. The van der Waals surface area contributed by atoms with Crippen LogP contribution in [0.1, 0.15) is 20.7 Å². The first-order valence-electron chi connectivity index (χ1n) is 8.17. The fraction of sp³-hybridized carbons (Fsp3) is 0. The average Bonchev–Trinajstić information content (AvgIpc) is 2.68. The summed E-state index contributed by atoms with van der Waals surface area (Å²) in [5, 5.41) is 25.1. The van der Waals surface area contributed by atoms with Crippen LogP contribution in [-0.4, -0.2) is 11.9 Å². The van der Waals surface area contributed by atoms with Crippen molar-refractivity contribution in [3.63, 3.8) is 0 Å². The third-order valence-electron chi connectivity index (χ3n) is 4.15. The number of carbonyl (C=O) groups excluding carboxylic acids is 2. The van der Waals surface area contributed by atoms with Crippen LogP contribution in [0.2, 0.25) is 0 Å². The van der Waals surface area contributed by atoms with Crippen molar-refractivity contribution in [2.45, 2.75) is 0 Å². The van der Waals surface area contributed by atoms with Crippen LogP contribution in [0, 0.1) is 7.14 Å². The van der Waals surface area contributed by atoms with Crippen molar-refractivity contribution in [1.29, 1.82) is 0 Å². The number of rotatable bonds is 2. The number of hydrogen-bond acceptors (Lipinski definition) is 4. The second-order valence-electron chi connectivity index (χ2n) is 5.86. The quantitative estimate of drug-likeness (QED) is 0.236. The largest absolute Gasteiger partial charge is 2.00 e. The number of carbonyl (C=O) groups is 2. The summed E-state index contributed by atoms with van der Waals surface area (Å²) in [5.74, 6) is -2.25. The number of benzene rings is 4. The van der Waals surface area contributed by atoms with Crippen molar-refractivity contribution in [3.05, 3.63) is 91.1 Å². The van der Waals surface area contributed by atoms with Gasteiger partial charge in [-0.15, -0.1) is 0 Å². The van der Waals surface area contributed by atoms with Crippen LogP contribution < -0.4 is 10.2 Å². The molecule has 0 N–H and O–H groups in total. The molecule has 0 fully saturated rings. The molecule has 140 valence electrons. The van der Waals surface area contributed by atoms with Crippen molar-refractivity contribution in [2.24, 2.45) is 0 Å². The van der Waals surface area contributed by atoms with Gasteiger partial charge in [0.05, 0.1) is 11.9 Å². The maximum absolute atomic E-state index is 10.9. The van der Waals surface area contributed by atoms with Gasteiger partial charge in [-0.2, -0.15) is 0 Å². The monoisotopic (exact) mass is 708 g/mol. The predicted molar refractivity (Wildman–Crippen MR) is 122 cm³/mol. The van der Waals surface area contributed by atoms with Crippen molar-refractivity contribution in [1.82, 2.24) is 0 Å². The summed E-state index contributed by atoms with van der Waals surface area (Å²) in [6.07, 6.45) is 0. The Balaban J connectivity index is 0.000000200. The molecule has 29 heavy (non-hydrogen) atoms. The third kappa shape index (κ3) is 5.45. The van der Waals surface area contributed by atoms with Crippen molar-refractivity contribution in [2.75, 3.05) is 0 Å². The van der Waals surface area contributed by atoms with Gasteiger partial charge in [-0.05, 0) is 68.1 Å². The van der Waals surface area contributed by atoms with E-state index in [1.807, 2.05) is 48.5 Å². The molecule has 4 rings (SSSR count). The van der Waals surface area contributed by atoms with E-state index in [1.165, 1.54) is 0 Å². The third-order valence-corrected chi connectivity index (χ3v) is 5.95. The fourth-order valence-electron chi connectivity index (χ4n) is 2.93. The molecule has 0 saturated carbocycles. The molecular formula is C22H12CdI2O4. The SMILES string of the molecule is O=C([O-])c1cccc2cccc(I)c12.O=C([O-])c1cccc2cccc(I)c12.[Cd+2]. The Morgan fingerprint density at radius 1 is 0.586 bits per heavy atom. The molecule has 0 aliphatic rings. The van der Waals surface area contributed by atoms with Gasteiger partial charge >= 0.3 is 27.3 Å². The Kier molecular flexibility index (Phi) is 8.82. The van der Waals surface area contributed by atoms with Crippen molar-refractivity contribution >= 4 is 78.7 Å². The molecule has 0 bridgehead atoms. The van der Waals surface area contributed by atoms with Crippen LogP contribution in [0.3, 0.4) is 0 Å². The Labute approximate surface area is 214 Å². The number of carboxylic acid groups (broad SMARTS) is 2. The molecule has 0 atom stereocenters. The van der Waals surface area contributed by atoms with Gasteiger partial charge in [0.1, 0.15) is 0 Å². The van der Waals surface area contributed by atoms with E-state index < -0.39 is 11.9 Å². The first kappa shape index (κ1) is 24.0. The van der Waals surface area contributed by atoms with Gasteiger partial charge < -0.3 is 19.8 Å².